The summed E-state index contributed by atoms with van der Waals surface area (Å²) in [4.78, 5) is 41.0. The first-order valence-corrected chi connectivity index (χ1v) is 11.2. The molecule has 0 aromatic heterocycles. The van der Waals surface area contributed by atoms with E-state index in [0.717, 1.165) is 10.5 Å². The summed E-state index contributed by atoms with van der Waals surface area (Å²) in [6, 6.07) is 18.2. The summed E-state index contributed by atoms with van der Waals surface area (Å²) in [6.45, 7) is 5.65. The van der Waals surface area contributed by atoms with E-state index >= 15 is 0 Å². The van der Waals surface area contributed by atoms with Crippen molar-refractivity contribution in [1.29, 1.82) is 0 Å². The Bertz CT molecular complexity index is 912. The second-order valence-electron chi connectivity index (χ2n) is 8.42. The Morgan fingerprint density at radius 2 is 1.71 bits per heavy atom. The van der Waals surface area contributed by atoms with Crippen molar-refractivity contribution in [3.8, 4) is 0 Å². The van der Waals surface area contributed by atoms with Gasteiger partial charge in [-0.25, -0.2) is 4.79 Å². The number of nitrogens with zero attached hydrogens (tertiary/aromatic N) is 1. The van der Waals surface area contributed by atoms with E-state index in [0.29, 0.717) is 19.4 Å². The minimum Gasteiger partial charge on any atom is -0.444 e. The molecule has 0 saturated carbocycles. The van der Waals surface area contributed by atoms with Crippen LogP contribution in [0.3, 0.4) is 0 Å². The number of nitrogens with one attached hydrogen (secondary N) is 1. The molecule has 2 unspecified atom stereocenters. The molecule has 1 aliphatic rings. The lowest BCUT2D eigenvalue weighted by Gasteiger charge is -2.29. The first kappa shape index (κ1) is 22.9. The Morgan fingerprint density at radius 3 is 2.32 bits per heavy atom. The van der Waals surface area contributed by atoms with Gasteiger partial charge in [-0.2, -0.15) is 0 Å². The van der Waals surface area contributed by atoms with Gasteiger partial charge in [0.05, 0.1) is 0 Å². The summed E-state index contributed by atoms with van der Waals surface area (Å²) in [5.74, 6) is -0.271. The van der Waals surface area contributed by atoms with E-state index < -0.39 is 23.1 Å². The molecular formula is C24H28N2O4S. The first-order valence-electron chi connectivity index (χ1n) is 10.3. The van der Waals surface area contributed by atoms with Crippen molar-refractivity contribution < 1.29 is 19.1 Å². The molecule has 2 atom stereocenters. The quantitative estimate of drug-likeness (QED) is 0.734. The highest BCUT2D eigenvalue weighted by Gasteiger charge is 2.39. The van der Waals surface area contributed by atoms with Crippen molar-refractivity contribution in [3.63, 3.8) is 0 Å². The fourth-order valence-electron chi connectivity index (χ4n) is 3.33. The van der Waals surface area contributed by atoms with E-state index in [2.05, 4.69) is 5.32 Å². The van der Waals surface area contributed by atoms with Crippen LogP contribution in [0.1, 0.15) is 32.8 Å². The molecule has 1 fully saturated rings. The van der Waals surface area contributed by atoms with E-state index in [9.17, 15) is 14.4 Å². The number of ketones is 1. The number of hydrogen-bond acceptors (Lipinski definition) is 5. The van der Waals surface area contributed by atoms with Crippen LogP contribution in [0, 0.1) is 0 Å². The lowest BCUT2D eigenvalue weighted by atomic mass is 10.0. The number of carbonyl (C=O) groups is 3. The highest BCUT2D eigenvalue weighted by molar-refractivity contribution is 8.00. The summed E-state index contributed by atoms with van der Waals surface area (Å²) in [7, 11) is 0. The van der Waals surface area contributed by atoms with Gasteiger partial charge in [0.2, 0.25) is 5.91 Å². The second kappa shape index (κ2) is 10.0. The number of Topliss-reactive ketones (excluding diaryl/α,β-unsaturated/α-hetero) is 1. The van der Waals surface area contributed by atoms with Gasteiger partial charge in [0.1, 0.15) is 17.0 Å². The fraction of sp³-hybridized carbons (Fsp3) is 0.375. The van der Waals surface area contributed by atoms with Crippen molar-refractivity contribution in [2.24, 2.45) is 0 Å². The third-order valence-corrected chi connectivity index (χ3v) is 5.99. The number of carbonyl (C=O) groups excluding carboxylic acids is 3. The zero-order valence-corrected chi connectivity index (χ0v) is 18.9. The minimum absolute atomic E-state index is 0.0120. The van der Waals surface area contributed by atoms with Crippen molar-refractivity contribution >= 4 is 29.5 Å². The van der Waals surface area contributed by atoms with Gasteiger partial charge in [-0.15, -0.1) is 0 Å². The van der Waals surface area contributed by atoms with Crippen LogP contribution in [0.25, 0.3) is 0 Å². The SMILES string of the molecule is CC(C)(C)OC(=O)NC(Cc1ccccc1)C(=O)N1CCC(=O)C1Sc1ccccc1. The molecule has 0 spiro atoms. The van der Waals surface area contributed by atoms with Gasteiger partial charge in [-0.3, -0.25) is 9.59 Å². The van der Waals surface area contributed by atoms with E-state index in [1.165, 1.54) is 11.8 Å². The standard InChI is InChI=1S/C24H28N2O4S/c1-24(2,3)30-23(29)25-19(16-17-10-6-4-7-11-17)21(28)26-15-14-20(27)22(26)31-18-12-8-5-9-13-18/h4-13,19,22H,14-16H2,1-3H3,(H,25,29). The molecule has 0 aliphatic carbocycles. The lowest BCUT2D eigenvalue weighted by Crippen LogP contribution is -2.52. The van der Waals surface area contributed by atoms with Gasteiger partial charge in [0, 0.05) is 24.3 Å². The molecule has 2 aromatic carbocycles. The van der Waals surface area contributed by atoms with Crippen LogP contribution in [0.5, 0.6) is 0 Å². The Kier molecular flexibility index (Phi) is 7.38. The van der Waals surface area contributed by atoms with Crippen molar-refractivity contribution in [3.05, 3.63) is 66.2 Å². The Morgan fingerprint density at radius 1 is 1.10 bits per heavy atom. The average Bonchev–Trinajstić information content (AvgIpc) is 3.07. The number of hydrogen-bond donors (Lipinski definition) is 1. The predicted octanol–water partition coefficient (Wildman–Crippen LogP) is 4.04. The smallest absolute Gasteiger partial charge is 0.408 e. The largest absolute Gasteiger partial charge is 0.444 e. The van der Waals surface area contributed by atoms with E-state index in [1.54, 1.807) is 25.7 Å². The lowest BCUT2D eigenvalue weighted by molar-refractivity contribution is -0.134. The highest BCUT2D eigenvalue weighted by Crippen LogP contribution is 2.31. The second-order valence-corrected chi connectivity index (χ2v) is 9.57. The molecule has 2 amide bonds. The molecule has 2 aromatic rings. The van der Waals surface area contributed by atoms with Gasteiger partial charge in [0.25, 0.3) is 0 Å². The Hall–Kier alpha value is -2.80. The highest BCUT2D eigenvalue weighted by atomic mass is 32.2. The Labute approximate surface area is 187 Å². The fourth-order valence-corrected chi connectivity index (χ4v) is 4.49. The third kappa shape index (κ3) is 6.59. The monoisotopic (exact) mass is 440 g/mol. The maximum atomic E-state index is 13.5. The molecule has 164 valence electrons. The van der Waals surface area contributed by atoms with Crippen LogP contribution in [0.15, 0.2) is 65.6 Å². The number of ether oxygens (including phenoxy) is 1. The van der Waals surface area contributed by atoms with Crippen LogP contribution >= 0.6 is 11.8 Å². The zero-order chi connectivity index (χ0) is 22.4. The van der Waals surface area contributed by atoms with Crippen LogP contribution in [0.4, 0.5) is 4.79 Å². The molecule has 1 aliphatic heterocycles. The van der Waals surface area contributed by atoms with Crippen LogP contribution in [-0.2, 0) is 20.7 Å². The first-order chi connectivity index (χ1) is 14.7. The van der Waals surface area contributed by atoms with Gasteiger partial charge < -0.3 is 15.0 Å². The van der Waals surface area contributed by atoms with E-state index in [1.807, 2.05) is 60.7 Å². The summed E-state index contributed by atoms with van der Waals surface area (Å²) >= 11 is 1.36. The summed E-state index contributed by atoms with van der Waals surface area (Å²) in [5.41, 5.74) is 0.231. The molecule has 7 heteroatoms. The molecule has 1 saturated heterocycles. The van der Waals surface area contributed by atoms with E-state index in [4.69, 9.17) is 4.74 Å². The molecule has 6 nitrogen and oxygen atoms in total. The number of likely N-dealkylation sites (tertiary alicyclic amines) is 1. The van der Waals surface area contributed by atoms with E-state index in [-0.39, 0.29) is 11.7 Å². The van der Waals surface area contributed by atoms with Gasteiger partial charge >= 0.3 is 6.09 Å². The van der Waals surface area contributed by atoms with Gasteiger partial charge in [0.15, 0.2) is 5.78 Å². The molecule has 0 radical (unpaired) electrons. The normalized spacial score (nSPS) is 17.3. The predicted molar refractivity (Wildman–Crippen MR) is 121 cm³/mol. The number of rotatable bonds is 6. The topological polar surface area (TPSA) is 75.7 Å². The molecule has 1 heterocycles. The zero-order valence-electron chi connectivity index (χ0n) is 18.0. The molecule has 1 N–H and O–H groups in total. The maximum absolute atomic E-state index is 13.5. The Balaban J connectivity index is 1.79. The van der Waals surface area contributed by atoms with Crippen molar-refractivity contribution in [1.82, 2.24) is 10.2 Å². The third-order valence-electron chi connectivity index (χ3n) is 4.70. The van der Waals surface area contributed by atoms with Crippen LogP contribution in [-0.4, -0.2) is 46.2 Å². The summed E-state index contributed by atoms with van der Waals surface area (Å²) in [6.07, 6.45) is -0.0351. The summed E-state index contributed by atoms with van der Waals surface area (Å²) in [5, 5.41) is 2.12. The number of thioether (sulfide) groups is 1. The van der Waals surface area contributed by atoms with Crippen LogP contribution < -0.4 is 5.32 Å². The number of benzene rings is 2. The minimum atomic E-state index is -0.831. The van der Waals surface area contributed by atoms with Gasteiger partial charge in [-0.1, -0.05) is 60.3 Å². The maximum Gasteiger partial charge on any atom is 0.408 e. The summed E-state index contributed by atoms with van der Waals surface area (Å²) < 4.78 is 5.37. The van der Waals surface area contributed by atoms with Crippen molar-refractivity contribution in [2.75, 3.05) is 6.54 Å². The number of alkyl carbamates (subject to hydrolysis) is 1. The molecule has 3 rings (SSSR count). The van der Waals surface area contributed by atoms with Crippen molar-refractivity contribution in [2.45, 2.75) is 55.5 Å². The van der Waals surface area contributed by atoms with Gasteiger partial charge in [-0.05, 0) is 38.5 Å². The molecule has 31 heavy (non-hydrogen) atoms. The number of amides is 2. The molecular weight excluding hydrogens is 412 g/mol. The molecule has 0 bridgehead atoms. The van der Waals surface area contributed by atoms with Crippen LogP contribution in [0.2, 0.25) is 0 Å². The average molecular weight is 441 g/mol.